The number of nitrogens with zero attached hydrogens (tertiary/aromatic N) is 3. The molecule has 0 N–H and O–H groups in total. The van der Waals surface area contributed by atoms with Gasteiger partial charge in [-0.25, -0.2) is 0 Å². The quantitative estimate of drug-likeness (QED) is 0.819. The molecule has 1 saturated heterocycles. The molecule has 1 fully saturated rings. The van der Waals surface area contributed by atoms with Crippen molar-refractivity contribution in [1.29, 1.82) is 0 Å². The third-order valence-corrected chi connectivity index (χ3v) is 3.92. The van der Waals surface area contributed by atoms with Crippen molar-refractivity contribution in [3.8, 4) is 0 Å². The fourth-order valence-electron chi connectivity index (χ4n) is 2.68. The first-order valence-corrected chi connectivity index (χ1v) is 7.39. The van der Waals surface area contributed by atoms with Gasteiger partial charge in [-0.05, 0) is 18.9 Å². The monoisotopic (exact) mass is 345 g/mol. The summed E-state index contributed by atoms with van der Waals surface area (Å²) in [4.78, 5) is 38.9. The molecule has 6 nitrogen and oxygen atoms in total. The van der Waals surface area contributed by atoms with Crippen molar-refractivity contribution in [3.63, 3.8) is 0 Å². The summed E-state index contributed by atoms with van der Waals surface area (Å²) in [5.74, 6) is -0.786. The van der Waals surface area contributed by atoms with Crippen molar-refractivity contribution in [3.05, 3.63) is 34.2 Å². The Bertz CT molecular complexity index is 697. The third-order valence-electron chi connectivity index (χ3n) is 3.92. The van der Waals surface area contributed by atoms with Crippen LogP contribution in [-0.4, -0.2) is 52.9 Å². The maximum Gasteiger partial charge on any atom is 0.417 e. The molecule has 2 heterocycles. The Balaban J connectivity index is 2.20. The van der Waals surface area contributed by atoms with E-state index < -0.39 is 35.8 Å². The molecule has 0 spiro atoms. The van der Waals surface area contributed by atoms with E-state index in [1.165, 1.54) is 9.80 Å². The Labute approximate surface area is 136 Å². The number of likely N-dealkylation sites (tertiary alicyclic amines) is 1. The topological polar surface area (TPSA) is 62.6 Å². The number of likely N-dealkylation sites (N-methyl/N-ethyl adjacent to an activating group) is 1. The third kappa shape index (κ3) is 3.77. The zero-order chi connectivity index (χ0) is 18.1. The standard InChI is InChI=1S/C15H18F3N3O3/c1-19(2)14(24)11-4-3-7-21(11)13(23)9-20-8-10(15(16,17)18)5-6-12(20)22/h5-6,8,11H,3-4,7,9H2,1-2H3. The second-order valence-corrected chi connectivity index (χ2v) is 5.86. The number of rotatable bonds is 3. The Morgan fingerprint density at radius 2 is 1.96 bits per heavy atom. The molecule has 9 heteroatoms. The van der Waals surface area contributed by atoms with Crippen LogP contribution in [0.25, 0.3) is 0 Å². The Kier molecular flexibility index (Phi) is 5.00. The number of alkyl halides is 3. The van der Waals surface area contributed by atoms with E-state index >= 15 is 0 Å². The highest BCUT2D eigenvalue weighted by Gasteiger charge is 2.35. The van der Waals surface area contributed by atoms with E-state index in [2.05, 4.69) is 0 Å². The molecule has 0 saturated carbocycles. The molecule has 0 aromatic carbocycles. The lowest BCUT2D eigenvalue weighted by Gasteiger charge is -2.26. The number of pyridine rings is 1. The van der Waals surface area contributed by atoms with Gasteiger partial charge in [0.05, 0.1) is 5.56 Å². The Morgan fingerprint density at radius 1 is 1.29 bits per heavy atom. The van der Waals surface area contributed by atoms with Crippen LogP contribution in [0.1, 0.15) is 18.4 Å². The number of aromatic nitrogens is 1. The maximum absolute atomic E-state index is 12.7. The summed E-state index contributed by atoms with van der Waals surface area (Å²) in [6.45, 7) is -0.184. The van der Waals surface area contributed by atoms with Crippen LogP contribution in [0, 0.1) is 0 Å². The zero-order valence-corrected chi connectivity index (χ0v) is 13.3. The summed E-state index contributed by atoms with van der Waals surface area (Å²) < 4.78 is 38.9. The minimum Gasteiger partial charge on any atom is -0.347 e. The number of hydrogen-bond donors (Lipinski definition) is 0. The number of amides is 2. The molecule has 1 aromatic rings. The van der Waals surface area contributed by atoms with Crippen LogP contribution < -0.4 is 5.56 Å². The lowest BCUT2D eigenvalue weighted by atomic mass is 10.2. The summed E-state index contributed by atoms with van der Waals surface area (Å²) in [5.41, 5.74) is -1.71. The van der Waals surface area contributed by atoms with E-state index in [0.29, 0.717) is 31.6 Å². The van der Waals surface area contributed by atoms with Gasteiger partial charge in [0.2, 0.25) is 11.8 Å². The first-order chi connectivity index (χ1) is 11.1. The molecule has 1 atom stereocenters. The molecule has 2 amide bonds. The Hall–Kier alpha value is -2.32. The Morgan fingerprint density at radius 3 is 2.54 bits per heavy atom. The molecule has 1 unspecified atom stereocenters. The van der Waals surface area contributed by atoms with Gasteiger partial charge in [-0.2, -0.15) is 13.2 Å². The van der Waals surface area contributed by atoms with Crippen molar-refractivity contribution in [2.75, 3.05) is 20.6 Å². The van der Waals surface area contributed by atoms with E-state index in [1.54, 1.807) is 14.1 Å². The fourth-order valence-corrected chi connectivity index (χ4v) is 2.68. The van der Waals surface area contributed by atoms with Gasteiger partial charge in [0.25, 0.3) is 5.56 Å². The molecule has 0 aliphatic carbocycles. The van der Waals surface area contributed by atoms with Gasteiger partial charge < -0.3 is 14.4 Å². The molecule has 24 heavy (non-hydrogen) atoms. The van der Waals surface area contributed by atoms with Crippen molar-refractivity contribution < 1.29 is 22.8 Å². The smallest absolute Gasteiger partial charge is 0.347 e. The molecule has 0 bridgehead atoms. The van der Waals surface area contributed by atoms with Crippen LogP contribution in [-0.2, 0) is 22.3 Å². The van der Waals surface area contributed by atoms with E-state index in [-0.39, 0.29) is 5.91 Å². The van der Waals surface area contributed by atoms with Crippen LogP contribution >= 0.6 is 0 Å². The molecular formula is C15H18F3N3O3. The number of carbonyl (C=O) groups is 2. The molecule has 1 aliphatic rings. The second-order valence-electron chi connectivity index (χ2n) is 5.86. The highest BCUT2D eigenvalue weighted by molar-refractivity contribution is 5.88. The van der Waals surface area contributed by atoms with E-state index in [1.807, 2.05) is 0 Å². The van der Waals surface area contributed by atoms with Crippen LogP contribution in [0.4, 0.5) is 13.2 Å². The molecule has 1 aliphatic heterocycles. The van der Waals surface area contributed by atoms with Gasteiger partial charge in [-0.15, -0.1) is 0 Å². The first kappa shape index (κ1) is 18.0. The minimum absolute atomic E-state index is 0.239. The van der Waals surface area contributed by atoms with Crippen LogP contribution in [0.3, 0.4) is 0 Å². The van der Waals surface area contributed by atoms with Crippen molar-refractivity contribution in [2.45, 2.75) is 31.6 Å². The molecule has 132 valence electrons. The largest absolute Gasteiger partial charge is 0.417 e. The maximum atomic E-state index is 12.7. The van der Waals surface area contributed by atoms with Gasteiger partial charge in [-0.1, -0.05) is 0 Å². The van der Waals surface area contributed by atoms with E-state index in [0.717, 1.165) is 10.6 Å². The molecular weight excluding hydrogens is 327 g/mol. The van der Waals surface area contributed by atoms with Crippen LogP contribution in [0.15, 0.2) is 23.1 Å². The summed E-state index contributed by atoms with van der Waals surface area (Å²) in [5, 5.41) is 0. The lowest BCUT2D eigenvalue weighted by molar-refractivity contribution is -0.143. The summed E-state index contributed by atoms with van der Waals surface area (Å²) in [7, 11) is 3.14. The van der Waals surface area contributed by atoms with Crippen molar-refractivity contribution in [2.24, 2.45) is 0 Å². The normalized spacial score (nSPS) is 17.9. The van der Waals surface area contributed by atoms with Crippen molar-refractivity contribution in [1.82, 2.24) is 14.4 Å². The second kappa shape index (κ2) is 6.66. The summed E-state index contributed by atoms with van der Waals surface area (Å²) in [6.07, 6.45) is -2.84. The average molecular weight is 345 g/mol. The molecule has 0 radical (unpaired) electrons. The van der Waals surface area contributed by atoms with Gasteiger partial charge in [0.15, 0.2) is 0 Å². The lowest BCUT2D eigenvalue weighted by Crippen LogP contribution is -2.47. The zero-order valence-electron chi connectivity index (χ0n) is 13.3. The SMILES string of the molecule is CN(C)C(=O)C1CCCN1C(=O)Cn1cc(C(F)(F)F)ccc1=O. The van der Waals surface area contributed by atoms with E-state index in [9.17, 15) is 27.6 Å². The van der Waals surface area contributed by atoms with Gasteiger partial charge in [0, 0.05) is 32.9 Å². The highest BCUT2D eigenvalue weighted by Crippen LogP contribution is 2.28. The first-order valence-electron chi connectivity index (χ1n) is 7.39. The number of carbonyl (C=O) groups excluding carboxylic acids is 2. The predicted octanol–water partition coefficient (Wildman–Crippen LogP) is 0.946. The highest BCUT2D eigenvalue weighted by atomic mass is 19.4. The number of halogens is 3. The van der Waals surface area contributed by atoms with Gasteiger partial charge >= 0.3 is 6.18 Å². The van der Waals surface area contributed by atoms with Gasteiger partial charge in [0.1, 0.15) is 12.6 Å². The summed E-state index contributed by atoms with van der Waals surface area (Å²) >= 11 is 0. The van der Waals surface area contributed by atoms with Gasteiger partial charge in [-0.3, -0.25) is 14.4 Å². The summed E-state index contributed by atoms with van der Waals surface area (Å²) in [6, 6.07) is 0.828. The molecule has 1 aromatic heterocycles. The number of hydrogen-bond acceptors (Lipinski definition) is 3. The van der Waals surface area contributed by atoms with Crippen LogP contribution in [0.2, 0.25) is 0 Å². The van der Waals surface area contributed by atoms with Crippen LogP contribution in [0.5, 0.6) is 0 Å². The fraction of sp³-hybridized carbons (Fsp3) is 0.533. The average Bonchev–Trinajstić information content (AvgIpc) is 2.96. The predicted molar refractivity (Wildman–Crippen MR) is 79.1 cm³/mol. The minimum atomic E-state index is -4.60. The van der Waals surface area contributed by atoms with E-state index in [4.69, 9.17) is 0 Å². The molecule has 2 rings (SSSR count). The van der Waals surface area contributed by atoms with Crippen molar-refractivity contribution >= 4 is 11.8 Å².